The van der Waals surface area contributed by atoms with Crippen molar-refractivity contribution < 1.29 is 13.9 Å². The molecular formula is C11H6BrFO2S. The van der Waals surface area contributed by atoms with Crippen molar-refractivity contribution in [1.82, 2.24) is 0 Å². The Labute approximate surface area is 104 Å². The summed E-state index contributed by atoms with van der Waals surface area (Å²) in [6.45, 7) is 0. The Bertz CT molecular complexity index is 524. The summed E-state index contributed by atoms with van der Waals surface area (Å²) in [4.78, 5) is 11.1. The molecule has 0 unspecified atom stereocenters. The van der Waals surface area contributed by atoms with Crippen LogP contribution < -0.4 is 4.74 Å². The van der Waals surface area contributed by atoms with E-state index in [1.165, 1.54) is 23.5 Å². The molecule has 5 heteroatoms. The Hall–Kier alpha value is -1.20. The maximum Gasteiger partial charge on any atom is 0.181 e. The highest BCUT2D eigenvalue weighted by atomic mass is 79.9. The number of benzene rings is 1. The first kappa shape index (κ1) is 11.3. The lowest BCUT2D eigenvalue weighted by molar-refractivity contribution is 0.112. The van der Waals surface area contributed by atoms with E-state index in [0.717, 1.165) is 6.29 Å². The van der Waals surface area contributed by atoms with Gasteiger partial charge in [-0.05, 0) is 40.2 Å². The van der Waals surface area contributed by atoms with Crippen molar-refractivity contribution in [2.24, 2.45) is 0 Å². The molecular weight excluding hydrogens is 295 g/mol. The van der Waals surface area contributed by atoms with Gasteiger partial charge in [0.2, 0.25) is 0 Å². The van der Waals surface area contributed by atoms with Crippen molar-refractivity contribution in [3.05, 3.63) is 45.5 Å². The third kappa shape index (κ3) is 2.48. The third-order valence-corrected chi connectivity index (χ3v) is 3.37. The number of halogens is 2. The molecule has 0 aliphatic heterocycles. The summed E-state index contributed by atoms with van der Waals surface area (Å²) >= 11 is 4.46. The summed E-state index contributed by atoms with van der Waals surface area (Å²) in [5.74, 6) is 0.0182. The molecule has 2 nitrogen and oxygen atoms in total. The van der Waals surface area contributed by atoms with Gasteiger partial charge in [0.15, 0.2) is 11.3 Å². The minimum atomic E-state index is -0.370. The van der Waals surface area contributed by atoms with E-state index in [-0.39, 0.29) is 5.82 Å². The average Bonchev–Trinajstić information content (AvgIpc) is 2.71. The first-order chi connectivity index (χ1) is 7.69. The molecule has 0 amide bonds. The zero-order valence-corrected chi connectivity index (χ0v) is 10.3. The van der Waals surface area contributed by atoms with E-state index in [9.17, 15) is 9.18 Å². The fraction of sp³-hybridized carbons (Fsp3) is 0. The van der Waals surface area contributed by atoms with Gasteiger partial charge in [0, 0.05) is 6.07 Å². The Morgan fingerprint density at radius 1 is 1.31 bits per heavy atom. The van der Waals surface area contributed by atoms with Gasteiger partial charge in [0.05, 0.1) is 9.35 Å². The van der Waals surface area contributed by atoms with Crippen LogP contribution >= 0.6 is 27.3 Å². The highest BCUT2D eigenvalue weighted by Gasteiger charge is 2.06. The summed E-state index contributed by atoms with van der Waals surface area (Å²) in [6.07, 6.45) is 0.748. The second-order valence-corrected chi connectivity index (χ2v) is 4.88. The average molecular weight is 301 g/mol. The maximum absolute atomic E-state index is 13.0. The van der Waals surface area contributed by atoms with Gasteiger partial charge in [0.1, 0.15) is 11.6 Å². The molecule has 0 fully saturated rings. The Morgan fingerprint density at radius 2 is 2.12 bits per heavy atom. The number of aldehydes is 1. The van der Waals surface area contributed by atoms with Crippen LogP contribution in [0.4, 0.5) is 4.39 Å². The number of rotatable bonds is 3. The molecule has 0 atom stereocenters. The SMILES string of the molecule is O=Cc1ccc(Oc2cc(F)ccc2Br)s1. The zero-order chi connectivity index (χ0) is 11.5. The number of carbonyl (C=O) groups excluding carboxylic acids is 1. The molecule has 0 radical (unpaired) electrons. The second kappa shape index (κ2) is 4.76. The van der Waals surface area contributed by atoms with Crippen LogP contribution in [-0.4, -0.2) is 6.29 Å². The lowest BCUT2D eigenvalue weighted by Crippen LogP contribution is -1.84. The highest BCUT2D eigenvalue weighted by molar-refractivity contribution is 9.10. The standard InChI is InChI=1S/C11H6BrFO2S/c12-9-3-1-7(13)5-10(9)15-11-4-2-8(6-14)16-11/h1-6H. The van der Waals surface area contributed by atoms with Gasteiger partial charge in [0.25, 0.3) is 0 Å². The number of hydrogen-bond donors (Lipinski definition) is 0. The smallest absolute Gasteiger partial charge is 0.181 e. The largest absolute Gasteiger partial charge is 0.445 e. The van der Waals surface area contributed by atoms with E-state index >= 15 is 0 Å². The molecule has 0 saturated heterocycles. The monoisotopic (exact) mass is 300 g/mol. The molecule has 1 aromatic heterocycles. The summed E-state index contributed by atoms with van der Waals surface area (Å²) in [6, 6.07) is 7.51. The van der Waals surface area contributed by atoms with Gasteiger partial charge in [-0.2, -0.15) is 0 Å². The first-order valence-corrected chi connectivity index (χ1v) is 5.98. The normalized spacial score (nSPS) is 10.1. The molecule has 0 bridgehead atoms. The molecule has 2 aromatic rings. The van der Waals surface area contributed by atoms with E-state index in [1.54, 1.807) is 18.2 Å². The maximum atomic E-state index is 13.0. The Balaban J connectivity index is 2.26. The lowest BCUT2D eigenvalue weighted by atomic mass is 10.3. The van der Waals surface area contributed by atoms with Gasteiger partial charge in [-0.15, -0.1) is 0 Å². The van der Waals surface area contributed by atoms with E-state index in [2.05, 4.69) is 15.9 Å². The minimum Gasteiger partial charge on any atom is -0.445 e. The molecule has 0 aliphatic carbocycles. The van der Waals surface area contributed by atoms with Crippen LogP contribution in [0.15, 0.2) is 34.8 Å². The van der Waals surface area contributed by atoms with Crippen LogP contribution in [0.2, 0.25) is 0 Å². The molecule has 0 saturated carbocycles. The van der Waals surface area contributed by atoms with Crippen molar-refractivity contribution in [3.8, 4) is 10.8 Å². The number of ether oxygens (including phenoxy) is 1. The van der Waals surface area contributed by atoms with Crippen LogP contribution in [0.1, 0.15) is 9.67 Å². The molecule has 82 valence electrons. The minimum absolute atomic E-state index is 0.370. The van der Waals surface area contributed by atoms with E-state index in [0.29, 0.717) is 20.2 Å². The topological polar surface area (TPSA) is 26.3 Å². The van der Waals surface area contributed by atoms with Crippen LogP contribution in [0.5, 0.6) is 10.8 Å². The number of hydrogen-bond acceptors (Lipinski definition) is 3. The number of thiophene rings is 1. The van der Waals surface area contributed by atoms with Crippen LogP contribution in [0.3, 0.4) is 0 Å². The molecule has 1 heterocycles. The van der Waals surface area contributed by atoms with Gasteiger partial charge >= 0.3 is 0 Å². The zero-order valence-electron chi connectivity index (χ0n) is 7.94. The van der Waals surface area contributed by atoms with E-state index < -0.39 is 0 Å². The molecule has 1 aromatic carbocycles. The van der Waals surface area contributed by atoms with Crippen molar-refractivity contribution in [1.29, 1.82) is 0 Å². The molecule has 2 rings (SSSR count). The first-order valence-electron chi connectivity index (χ1n) is 4.37. The molecule has 0 spiro atoms. The quantitative estimate of drug-likeness (QED) is 0.792. The summed E-state index contributed by atoms with van der Waals surface area (Å²) in [5.41, 5.74) is 0. The van der Waals surface area contributed by atoms with Crippen molar-refractivity contribution in [2.45, 2.75) is 0 Å². The third-order valence-electron chi connectivity index (χ3n) is 1.82. The van der Waals surface area contributed by atoms with Crippen LogP contribution in [0.25, 0.3) is 0 Å². The lowest BCUT2D eigenvalue weighted by Gasteiger charge is -2.04. The second-order valence-electron chi connectivity index (χ2n) is 2.95. The van der Waals surface area contributed by atoms with Gasteiger partial charge in [-0.25, -0.2) is 4.39 Å². The molecule has 0 aliphatic rings. The highest BCUT2D eigenvalue weighted by Crippen LogP contribution is 2.33. The van der Waals surface area contributed by atoms with Crippen LogP contribution in [0, 0.1) is 5.82 Å². The van der Waals surface area contributed by atoms with Crippen molar-refractivity contribution >= 4 is 33.6 Å². The molecule has 0 N–H and O–H groups in total. The number of carbonyl (C=O) groups is 1. The Morgan fingerprint density at radius 3 is 2.81 bits per heavy atom. The predicted molar refractivity (Wildman–Crippen MR) is 63.9 cm³/mol. The summed E-state index contributed by atoms with van der Waals surface area (Å²) in [5, 5.41) is 0.549. The van der Waals surface area contributed by atoms with Crippen molar-refractivity contribution in [3.63, 3.8) is 0 Å². The van der Waals surface area contributed by atoms with E-state index in [1.807, 2.05) is 0 Å². The summed E-state index contributed by atoms with van der Waals surface area (Å²) < 4.78 is 19.1. The van der Waals surface area contributed by atoms with Crippen LogP contribution in [-0.2, 0) is 0 Å². The fourth-order valence-corrected chi connectivity index (χ4v) is 2.13. The Kier molecular flexibility index (Phi) is 3.36. The summed E-state index contributed by atoms with van der Waals surface area (Å²) in [7, 11) is 0. The van der Waals surface area contributed by atoms with E-state index in [4.69, 9.17) is 4.74 Å². The van der Waals surface area contributed by atoms with Gasteiger partial charge in [-0.1, -0.05) is 11.3 Å². The fourth-order valence-electron chi connectivity index (χ4n) is 1.12. The van der Waals surface area contributed by atoms with Crippen molar-refractivity contribution in [2.75, 3.05) is 0 Å². The van der Waals surface area contributed by atoms with Gasteiger partial charge < -0.3 is 4.74 Å². The molecule has 16 heavy (non-hydrogen) atoms. The predicted octanol–water partition coefficient (Wildman–Crippen LogP) is 4.25. The van der Waals surface area contributed by atoms with Gasteiger partial charge in [-0.3, -0.25) is 4.79 Å².